The first-order valence-electron chi connectivity index (χ1n) is 4.24. The zero-order chi connectivity index (χ0) is 9.80. The van der Waals surface area contributed by atoms with Crippen molar-refractivity contribution in [3.8, 4) is 11.3 Å². The smallest absolute Gasteiger partial charge is 0.187 e. The summed E-state index contributed by atoms with van der Waals surface area (Å²) in [6.07, 6.45) is 3.74. The number of hydrogen-bond donors (Lipinski definition) is 0. The van der Waals surface area contributed by atoms with Crippen molar-refractivity contribution in [3.05, 3.63) is 42.6 Å². The second kappa shape index (κ2) is 4.24. The lowest BCUT2D eigenvalue weighted by molar-refractivity contribution is 0.976. The van der Waals surface area contributed by atoms with Crippen molar-refractivity contribution in [3.63, 3.8) is 0 Å². The van der Waals surface area contributed by atoms with Crippen molar-refractivity contribution in [2.45, 2.75) is 5.16 Å². The van der Waals surface area contributed by atoms with Gasteiger partial charge in [0.25, 0.3) is 0 Å². The highest BCUT2D eigenvalue weighted by Gasteiger charge is 1.99. The Kier molecular flexibility index (Phi) is 2.79. The van der Waals surface area contributed by atoms with E-state index in [9.17, 15) is 0 Å². The van der Waals surface area contributed by atoms with Gasteiger partial charge in [-0.15, -0.1) is 0 Å². The van der Waals surface area contributed by atoms with Gasteiger partial charge >= 0.3 is 0 Å². The Hall–Kier alpha value is -1.35. The molecule has 0 saturated carbocycles. The Bertz CT molecular complexity index is 415. The average Bonchev–Trinajstić information content (AvgIpc) is 2.30. The number of nitrogens with zero attached hydrogens (tertiary/aromatic N) is 2. The molecule has 1 aromatic carbocycles. The minimum absolute atomic E-state index is 0.791. The van der Waals surface area contributed by atoms with Crippen LogP contribution in [0.5, 0.6) is 0 Å². The lowest BCUT2D eigenvalue weighted by Crippen LogP contribution is -1.88. The van der Waals surface area contributed by atoms with Gasteiger partial charge in [0, 0.05) is 11.8 Å². The van der Waals surface area contributed by atoms with Crippen LogP contribution in [0.4, 0.5) is 0 Å². The van der Waals surface area contributed by atoms with Crippen molar-refractivity contribution in [2.75, 3.05) is 6.26 Å². The molecule has 2 rings (SSSR count). The van der Waals surface area contributed by atoms with E-state index < -0.39 is 0 Å². The normalized spacial score (nSPS) is 10.1. The van der Waals surface area contributed by atoms with Crippen LogP contribution in [0.15, 0.2) is 41.7 Å². The van der Waals surface area contributed by atoms with E-state index in [-0.39, 0.29) is 0 Å². The molecule has 14 heavy (non-hydrogen) atoms. The predicted molar refractivity (Wildman–Crippen MR) is 58.1 cm³/mol. The fourth-order valence-electron chi connectivity index (χ4n) is 1.14. The summed E-state index contributed by atoms with van der Waals surface area (Å²) < 4.78 is 0. The Labute approximate surface area is 87.4 Å². The Morgan fingerprint density at radius 2 is 2.21 bits per heavy atom. The molecule has 0 saturated heterocycles. The molecule has 0 aliphatic carbocycles. The maximum absolute atomic E-state index is 4.38. The van der Waals surface area contributed by atoms with Gasteiger partial charge in [0.2, 0.25) is 0 Å². The molecule has 0 unspecified atom stereocenters. The molecule has 0 amide bonds. The standard InChI is InChI=1S/C11H9N2S/c1-14-11-12-8-7-10(13-11)9-5-3-2-4-6-9/h2-5,7-8H,1H3. The quantitative estimate of drug-likeness (QED) is 0.552. The second-order valence-corrected chi connectivity index (χ2v) is 3.48. The summed E-state index contributed by atoms with van der Waals surface area (Å²) in [6, 6.07) is 12.8. The number of hydrogen-bond acceptors (Lipinski definition) is 3. The minimum atomic E-state index is 0.791. The van der Waals surface area contributed by atoms with Gasteiger partial charge in [-0.1, -0.05) is 36.0 Å². The van der Waals surface area contributed by atoms with Crippen LogP contribution in [-0.2, 0) is 0 Å². The van der Waals surface area contributed by atoms with Gasteiger partial charge in [-0.2, -0.15) is 0 Å². The molecular weight excluding hydrogens is 192 g/mol. The molecule has 1 radical (unpaired) electrons. The van der Waals surface area contributed by atoms with Gasteiger partial charge < -0.3 is 0 Å². The van der Waals surface area contributed by atoms with Gasteiger partial charge in [0.1, 0.15) is 0 Å². The first-order chi connectivity index (χ1) is 6.90. The van der Waals surface area contributed by atoms with Crippen LogP contribution in [0.25, 0.3) is 11.3 Å². The van der Waals surface area contributed by atoms with Gasteiger partial charge in [0.15, 0.2) is 5.16 Å². The van der Waals surface area contributed by atoms with Crippen molar-refractivity contribution >= 4 is 11.8 Å². The molecule has 69 valence electrons. The Balaban J connectivity index is 2.42. The SMILES string of the molecule is CSc1nccc(-c2[c]cccc2)n1. The summed E-state index contributed by atoms with van der Waals surface area (Å²) in [6.45, 7) is 0. The lowest BCUT2D eigenvalue weighted by atomic mass is 10.1. The highest BCUT2D eigenvalue weighted by Crippen LogP contribution is 2.17. The molecule has 1 heterocycles. The first-order valence-corrected chi connectivity index (χ1v) is 5.47. The van der Waals surface area contributed by atoms with Crippen LogP contribution in [0.2, 0.25) is 0 Å². The van der Waals surface area contributed by atoms with E-state index in [4.69, 9.17) is 0 Å². The summed E-state index contributed by atoms with van der Waals surface area (Å²) in [4.78, 5) is 8.50. The molecule has 2 nitrogen and oxygen atoms in total. The van der Waals surface area contributed by atoms with Crippen LogP contribution in [-0.4, -0.2) is 16.2 Å². The maximum atomic E-state index is 4.38. The average molecular weight is 201 g/mol. The molecule has 0 atom stereocenters. The molecule has 3 heteroatoms. The fourth-order valence-corrected chi connectivity index (χ4v) is 1.50. The zero-order valence-corrected chi connectivity index (χ0v) is 8.58. The van der Waals surface area contributed by atoms with Crippen LogP contribution in [0, 0.1) is 6.07 Å². The van der Waals surface area contributed by atoms with Gasteiger partial charge in [-0.3, -0.25) is 0 Å². The third kappa shape index (κ3) is 1.93. The summed E-state index contributed by atoms with van der Waals surface area (Å²) in [5.74, 6) is 0. The zero-order valence-electron chi connectivity index (χ0n) is 7.77. The van der Waals surface area contributed by atoms with Crippen LogP contribution in [0.1, 0.15) is 0 Å². The molecule has 0 bridgehead atoms. The topological polar surface area (TPSA) is 25.8 Å². The van der Waals surface area contributed by atoms with E-state index in [1.807, 2.05) is 36.6 Å². The van der Waals surface area contributed by atoms with E-state index in [1.165, 1.54) is 0 Å². The Morgan fingerprint density at radius 3 is 2.93 bits per heavy atom. The van der Waals surface area contributed by atoms with E-state index in [2.05, 4.69) is 16.0 Å². The van der Waals surface area contributed by atoms with E-state index in [1.54, 1.807) is 18.0 Å². The van der Waals surface area contributed by atoms with Crippen LogP contribution >= 0.6 is 11.8 Å². The largest absolute Gasteiger partial charge is 0.231 e. The summed E-state index contributed by atoms with van der Waals surface area (Å²) >= 11 is 1.54. The highest BCUT2D eigenvalue weighted by molar-refractivity contribution is 7.98. The summed E-state index contributed by atoms with van der Waals surface area (Å²) in [5.41, 5.74) is 1.93. The van der Waals surface area contributed by atoms with Crippen LogP contribution in [0.3, 0.4) is 0 Å². The van der Waals surface area contributed by atoms with Gasteiger partial charge in [0.05, 0.1) is 5.69 Å². The monoisotopic (exact) mass is 201 g/mol. The van der Waals surface area contributed by atoms with E-state index in [0.717, 1.165) is 16.4 Å². The third-order valence-corrected chi connectivity index (χ3v) is 2.36. The van der Waals surface area contributed by atoms with Crippen molar-refractivity contribution < 1.29 is 0 Å². The molecule has 1 aromatic heterocycles. The molecule has 0 N–H and O–H groups in total. The molecule has 0 fully saturated rings. The van der Waals surface area contributed by atoms with Crippen molar-refractivity contribution in [1.82, 2.24) is 9.97 Å². The lowest BCUT2D eigenvalue weighted by Gasteiger charge is -2.00. The molecule has 0 spiro atoms. The fraction of sp³-hybridized carbons (Fsp3) is 0.0909. The molecular formula is C11H9N2S. The first kappa shape index (κ1) is 9.21. The number of aromatic nitrogens is 2. The molecule has 2 aromatic rings. The van der Waals surface area contributed by atoms with Gasteiger partial charge in [-0.05, 0) is 18.4 Å². The van der Waals surface area contributed by atoms with E-state index >= 15 is 0 Å². The van der Waals surface area contributed by atoms with E-state index in [0.29, 0.717) is 0 Å². The summed E-state index contributed by atoms with van der Waals surface area (Å²) in [7, 11) is 0. The minimum Gasteiger partial charge on any atom is -0.231 e. The van der Waals surface area contributed by atoms with Crippen molar-refractivity contribution in [2.24, 2.45) is 0 Å². The highest BCUT2D eigenvalue weighted by atomic mass is 32.2. The third-order valence-electron chi connectivity index (χ3n) is 1.80. The Morgan fingerprint density at radius 1 is 1.29 bits per heavy atom. The summed E-state index contributed by atoms with van der Waals surface area (Å²) in [5, 5.41) is 0.791. The molecule has 0 aliphatic heterocycles. The second-order valence-electron chi connectivity index (χ2n) is 2.70. The van der Waals surface area contributed by atoms with Crippen LogP contribution < -0.4 is 0 Å². The van der Waals surface area contributed by atoms with Gasteiger partial charge in [-0.25, -0.2) is 9.97 Å². The number of benzene rings is 1. The van der Waals surface area contributed by atoms with Crippen molar-refractivity contribution in [1.29, 1.82) is 0 Å². The predicted octanol–water partition coefficient (Wildman–Crippen LogP) is 2.67. The number of rotatable bonds is 2. The number of thioether (sulfide) groups is 1. The maximum Gasteiger partial charge on any atom is 0.187 e. The molecule has 0 aliphatic rings.